The molecule has 156 valence electrons. The van der Waals surface area contributed by atoms with Gasteiger partial charge in [-0.05, 0) is 36.2 Å². The van der Waals surface area contributed by atoms with Crippen molar-refractivity contribution in [1.29, 1.82) is 0 Å². The molecular weight excluding hydrogens is 388 g/mol. The van der Waals surface area contributed by atoms with Gasteiger partial charge in [0.15, 0.2) is 0 Å². The summed E-state index contributed by atoms with van der Waals surface area (Å²) in [5, 5.41) is 3.14. The fourth-order valence-corrected chi connectivity index (χ4v) is 4.32. The molecule has 0 spiro atoms. The van der Waals surface area contributed by atoms with Crippen molar-refractivity contribution < 1.29 is 9.53 Å². The van der Waals surface area contributed by atoms with E-state index in [0.717, 1.165) is 33.8 Å². The third-order valence-corrected chi connectivity index (χ3v) is 5.88. The number of nitrogens with zero attached hydrogens (tertiary/aromatic N) is 3. The van der Waals surface area contributed by atoms with Crippen LogP contribution in [0.1, 0.15) is 39.6 Å². The number of ether oxygens (including phenoxy) is 1. The first-order chi connectivity index (χ1) is 15.2. The van der Waals surface area contributed by atoms with Crippen LogP contribution >= 0.6 is 0 Å². The normalized spacial score (nSPS) is 19.7. The summed E-state index contributed by atoms with van der Waals surface area (Å²) >= 11 is 0. The molecular formula is C25H24N4O2. The molecule has 0 aliphatic carbocycles. The van der Waals surface area contributed by atoms with Gasteiger partial charge in [-0.2, -0.15) is 0 Å². The van der Waals surface area contributed by atoms with Gasteiger partial charge >= 0.3 is 0 Å². The first-order valence-corrected chi connectivity index (χ1v) is 10.5. The molecule has 1 aromatic carbocycles. The van der Waals surface area contributed by atoms with Gasteiger partial charge in [-0.15, -0.1) is 0 Å². The lowest BCUT2D eigenvalue weighted by Crippen LogP contribution is -2.39. The van der Waals surface area contributed by atoms with Gasteiger partial charge < -0.3 is 10.1 Å². The highest BCUT2D eigenvalue weighted by Crippen LogP contribution is 2.26. The molecule has 0 unspecified atom stereocenters. The smallest absolute Gasteiger partial charge is 0.226 e. The SMILES string of the molecule is Cc1cc(C2=NCc3cc(CC(=O)N[C@@H]4COC[C@H]4c4ccccc4)ncc32)ccn1. The van der Waals surface area contributed by atoms with Crippen molar-refractivity contribution in [3.05, 3.63) is 94.6 Å². The van der Waals surface area contributed by atoms with Crippen molar-refractivity contribution >= 4 is 11.6 Å². The second kappa shape index (κ2) is 8.40. The fraction of sp³-hybridized carbons (Fsp3) is 0.280. The fourth-order valence-electron chi connectivity index (χ4n) is 4.32. The predicted octanol–water partition coefficient (Wildman–Crippen LogP) is 2.98. The van der Waals surface area contributed by atoms with E-state index in [2.05, 4.69) is 27.4 Å². The first-order valence-electron chi connectivity index (χ1n) is 10.5. The Morgan fingerprint density at radius 1 is 1.13 bits per heavy atom. The Morgan fingerprint density at radius 2 is 2.00 bits per heavy atom. The summed E-state index contributed by atoms with van der Waals surface area (Å²) in [6, 6.07) is 16.2. The lowest BCUT2D eigenvalue weighted by molar-refractivity contribution is -0.121. The number of aliphatic imine (C=N–C) groups is 1. The summed E-state index contributed by atoms with van der Waals surface area (Å²) in [7, 11) is 0. The van der Waals surface area contributed by atoms with Crippen molar-refractivity contribution in [2.75, 3.05) is 13.2 Å². The van der Waals surface area contributed by atoms with Crippen molar-refractivity contribution in [2.24, 2.45) is 4.99 Å². The minimum absolute atomic E-state index is 0.0193. The topological polar surface area (TPSA) is 76.5 Å². The molecule has 5 rings (SSSR count). The Labute approximate surface area is 181 Å². The van der Waals surface area contributed by atoms with Crippen LogP contribution < -0.4 is 5.32 Å². The largest absolute Gasteiger partial charge is 0.379 e. The number of carbonyl (C=O) groups excluding carboxylic acids is 1. The summed E-state index contributed by atoms with van der Waals surface area (Å²) in [5.41, 5.74) is 7.03. The average Bonchev–Trinajstić information content (AvgIpc) is 3.41. The molecule has 0 radical (unpaired) electrons. The van der Waals surface area contributed by atoms with Crippen LogP contribution in [0.15, 0.2) is 65.9 Å². The summed E-state index contributed by atoms with van der Waals surface area (Å²) in [5.74, 6) is 0.144. The van der Waals surface area contributed by atoms with E-state index < -0.39 is 0 Å². The van der Waals surface area contributed by atoms with Crippen LogP contribution in [0.3, 0.4) is 0 Å². The number of hydrogen-bond donors (Lipinski definition) is 1. The third-order valence-electron chi connectivity index (χ3n) is 5.88. The minimum atomic E-state index is -0.0345. The summed E-state index contributed by atoms with van der Waals surface area (Å²) in [6.45, 7) is 3.74. The molecule has 2 aromatic heterocycles. The Bertz CT molecular complexity index is 1140. The zero-order chi connectivity index (χ0) is 21.2. The van der Waals surface area contributed by atoms with Gasteiger partial charge in [0.1, 0.15) is 0 Å². The number of fused-ring (bicyclic) bond motifs is 1. The number of aromatic nitrogens is 2. The quantitative estimate of drug-likeness (QED) is 0.699. The Hall–Kier alpha value is -3.38. The van der Waals surface area contributed by atoms with Gasteiger partial charge in [-0.25, -0.2) is 0 Å². The highest BCUT2D eigenvalue weighted by atomic mass is 16.5. The molecule has 6 heteroatoms. The number of nitrogens with one attached hydrogen (secondary N) is 1. The number of benzene rings is 1. The summed E-state index contributed by atoms with van der Waals surface area (Å²) in [6.07, 6.45) is 3.88. The van der Waals surface area contributed by atoms with Crippen molar-refractivity contribution in [1.82, 2.24) is 15.3 Å². The highest BCUT2D eigenvalue weighted by Gasteiger charge is 2.31. The van der Waals surface area contributed by atoms with Gasteiger partial charge in [0.2, 0.25) is 5.91 Å². The first kappa shape index (κ1) is 19.6. The van der Waals surface area contributed by atoms with Gasteiger partial charge in [0, 0.05) is 35.1 Å². The van der Waals surface area contributed by atoms with Gasteiger partial charge in [0.05, 0.1) is 43.6 Å². The second-order valence-corrected chi connectivity index (χ2v) is 8.09. The molecule has 1 amide bonds. The minimum Gasteiger partial charge on any atom is -0.379 e. The Kier molecular flexibility index (Phi) is 5.30. The van der Waals surface area contributed by atoms with Crippen molar-refractivity contribution in [2.45, 2.75) is 31.8 Å². The number of aryl methyl sites for hydroxylation is 1. The van der Waals surface area contributed by atoms with Crippen LogP contribution in [-0.4, -0.2) is 40.8 Å². The number of carbonyl (C=O) groups is 1. The van der Waals surface area contributed by atoms with E-state index in [-0.39, 0.29) is 24.3 Å². The summed E-state index contributed by atoms with van der Waals surface area (Å²) in [4.78, 5) is 26.2. The maximum atomic E-state index is 12.7. The van der Waals surface area contributed by atoms with Crippen LogP contribution in [0.5, 0.6) is 0 Å². The monoisotopic (exact) mass is 412 g/mol. The number of pyridine rings is 2. The lowest BCUT2D eigenvalue weighted by atomic mass is 9.94. The van der Waals surface area contributed by atoms with E-state index >= 15 is 0 Å². The lowest BCUT2D eigenvalue weighted by Gasteiger charge is -2.19. The van der Waals surface area contributed by atoms with E-state index in [9.17, 15) is 4.79 Å². The van der Waals surface area contributed by atoms with Crippen LogP contribution in [0.2, 0.25) is 0 Å². The van der Waals surface area contributed by atoms with Crippen LogP contribution in [0.4, 0.5) is 0 Å². The van der Waals surface area contributed by atoms with E-state index in [1.807, 2.05) is 49.5 Å². The molecule has 1 N–H and O–H groups in total. The number of hydrogen-bond acceptors (Lipinski definition) is 5. The molecule has 31 heavy (non-hydrogen) atoms. The van der Waals surface area contributed by atoms with Gasteiger partial charge in [0.25, 0.3) is 0 Å². The maximum Gasteiger partial charge on any atom is 0.226 e. The predicted molar refractivity (Wildman–Crippen MR) is 118 cm³/mol. The molecule has 6 nitrogen and oxygen atoms in total. The van der Waals surface area contributed by atoms with Crippen LogP contribution in [0.25, 0.3) is 0 Å². The van der Waals surface area contributed by atoms with E-state index in [1.54, 1.807) is 6.20 Å². The van der Waals surface area contributed by atoms with E-state index in [0.29, 0.717) is 19.8 Å². The third kappa shape index (κ3) is 4.11. The Morgan fingerprint density at radius 3 is 2.84 bits per heavy atom. The number of amides is 1. The van der Waals surface area contributed by atoms with Crippen molar-refractivity contribution in [3.63, 3.8) is 0 Å². The highest BCUT2D eigenvalue weighted by molar-refractivity contribution is 6.15. The molecule has 2 aliphatic rings. The molecule has 2 aliphatic heterocycles. The molecule has 1 fully saturated rings. The molecule has 0 bridgehead atoms. The molecule has 1 saturated heterocycles. The van der Waals surface area contributed by atoms with E-state index in [4.69, 9.17) is 9.73 Å². The number of rotatable bonds is 5. The average molecular weight is 412 g/mol. The van der Waals surface area contributed by atoms with E-state index in [1.165, 1.54) is 5.56 Å². The van der Waals surface area contributed by atoms with Crippen LogP contribution in [0, 0.1) is 6.92 Å². The maximum absolute atomic E-state index is 12.7. The van der Waals surface area contributed by atoms with Crippen molar-refractivity contribution in [3.8, 4) is 0 Å². The van der Waals surface area contributed by atoms with Crippen LogP contribution in [-0.2, 0) is 22.5 Å². The molecule has 0 saturated carbocycles. The molecule has 3 aromatic rings. The summed E-state index contributed by atoms with van der Waals surface area (Å²) < 4.78 is 5.65. The van der Waals surface area contributed by atoms with Gasteiger partial charge in [-0.3, -0.25) is 19.8 Å². The zero-order valence-electron chi connectivity index (χ0n) is 17.4. The van der Waals surface area contributed by atoms with Gasteiger partial charge in [-0.1, -0.05) is 30.3 Å². The standard InChI is InChI=1S/C25H24N4O2/c1-16-9-18(7-8-26-16)25-21-13-27-20(10-19(21)12-28-25)11-24(30)29-23-15-31-14-22(23)17-5-3-2-4-6-17/h2-10,13,22-23H,11-12,14-15H2,1H3,(H,29,30)/t22-,23+/m0/s1. The Balaban J connectivity index is 1.26. The molecule has 2 atom stereocenters. The second-order valence-electron chi connectivity index (χ2n) is 8.09. The zero-order valence-corrected chi connectivity index (χ0v) is 17.4. The molecule has 4 heterocycles.